The summed E-state index contributed by atoms with van der Waals surface area (Å²) in [5.41, 5.74) is 1.02. The number of methoxy groups -OCH3 is 1. The van der Waals surface area contributed by atoms with Gasteiger partial charge in [-0.05, 0) is 56.2 Å². The van der Waals surface area contributed by atoms with Crippen molar-refractivity contribution < 1.29 is 14.7 Å². The van der Waals surface area contributed by atoms with Gasteiger partial charge in [-0.1, -0.05) is 0 Å². The number of nitrogens with one attached hydrogen (secondary N) is 1. The molecule has 1 unspecified atom stereocenters. The average Bonchev–Trinajstić information content (AvgIpc) is 2.91. The number of benzene rings is 1. The van der Waals surface area contributed by atoms with Crippen LogP contribution in [0.1, 0.15) is 19.8 Å². The fraction of sp³-hybridized carbons (Fsp3) is 0.529. The number of likely N-dealkylation sites (tertiary alicyclic amines) is 1. The Kier molecular flexibility index (Phi) is 5.33. The van der Waals surface area contributed by atoms with Crippen LogP contribution in [-0.2, 0) is 13.2 Å². The highest BCUT2D eigenvalue weighted by Crippen LogP contribution is 2.21. The lowest BCUT2D eigenvalue weighted by molar-refractivity contribution is -0.931. The van der Waals surface area contributed by atoms with Crippen molar-refractivity contribution >= 4 is 12.2 Å². The van der Waals surface area contributed by atoms with Gasteiger partial charge in [-0.2, -0.15) is 4.68 Å². The molecule has 2 atom stereocenters. The second-order valence-electron chi connectivity index (χ2n) is 6.24. The van der Waals surface area contributed by atoms with E-state index in [0.717, 1.165) is 54.4 Å². The summed E-state index contributed by atoms with van der Waals surface area (Å²) >= 11 is 5.62. The summed E-state index contributed by atoms with van der Waals surface area (Å²) in [4.78, 5) is 1.33. The number of piperidine rings is 1. The van der Waals surface area contributed by atoms with Crippen LogP contribution in [0.15, 0.2) is 24.3 Å². The fourth-order valence-electron chi connectivity index (χ4n) is 3.26. The summed E-state index contributed by atoms with van der Waals surface area (Å²) in [6.07, 6.45) is 1.73. The van der Waals surface area contributed by atoms with E-state index in [0.29, 0.717) is 6.67 Å². The average molecular weight is 349 g/mol. The monoisotopic (exact) mass is 349 g/mol. The summed E-state index contributed by atoms with van der Waals surface area (Å²) in [7, 11) is 1.66. The molecular weight excluding hydrogens is 324 g/mol. The van der Waals surface area contributed by atoms with E-state index in [1.54, 1.807) is 7.11 Å². The van der Waals surface area contributed by atoms with Crippen molar-refractivity contribution in [1.82, 2.24) is 14.3 Å². The van der Waals surface area contributed by atoms with Crippen molar-refractivity contribution in [3.63, 3.8) is 0 Å². The van der Waals surface area contributed by atoms with Crippen LogP contribution in [-0.4, -0.2) is 45.8 Å². The van der Waals surface area contributed by atoms with Crippen LogP contribution in [0.4, 0.5) is 0 Å². The fourth-order valence-corrected chi connectivity index (χ4v) is 3.58. The smallest absolute Gasteiger partial charge is 0.203 e. The molecular formula is C17H25N4O2S+. The molecule has 6 nitrogen and oxygen atoms in total. The van der Waals surface area contributed by atoms with Crippen LogP contribution >= 0.6 is 12.2 Å². The van der Waals surface area contributed by atoms with E-state index in [-0.39, 0.29) is 6.10 Å². The Balaban J connectivity index is 1.88. The number of ether oxygens (including phenoxy) is 1. The highest BCUT2D eigenvalue weighted by Gasteiger charge is 2.22. The molecule has 2 N–H and O–H groups in total. The predicted octanol–water partition coefficient (Wildman–Crippen LogP) is 1.11. The van der Waals surface area contributed by atoms with Gasteiger partial charge in [0, 0.05) is 12.1 Å². The molecule has 1 aliphatic rings. The summed E-state index contributed by atoms with van der Waals surface area (Å²) < 4.78 is 9.90. The molecule has 1 fully saturated rings. The van der Waals surface area contributed by atoms with Crippen LogP contribution in [0, 0.1) is 4.77 Å². The Bertz CT molecular complexity index is 738. The van der Waals surface area contributed by atoms with E-state index in [1.165, 1.54) is 4.90 Å². The van der Waals surface area contributed by atoms with Crippen molar-refractivity contribution in [2.45, 2.75) is 39.1 Å². The standard InChI is InChI=1S/C17H24N4O2S/c1-3-20-16(13-6-8-15(23-2)9-7-13)18-21(17(20)24)12-19-10-4-5-14(22)11-19/h6-9,14,22H,3-5,10-12H2,1-2H3/p+1/t14-/m1/s1. The Morgan fingerprint density at radius 2 is 2.12 bits per heavy atom. The lowest BCUT2D eigenvalue weighted by Crippen LogP contribution is -3.13. The largest absolute Gasteiger partial charge is 0.497 e. The van der Waals surface area contributed by atoms with E-state index in [2.05, 4.69) is 11.5 Å². The van der Waals surface area contributed by atoms with Gasteiger partial charge in [0.05, 0.1) is 13.7 Å². The first-order valence-electron chi connectivity index (χ1n) is 8.46. The Morgan fingerprint density at radius 3 is 2.75 bits per heavy atom. The summed E-state index contributed by atoms with van der Waals surface area (Å²) in [5.74, 6) is 1.70. The van der Waals surface area contributed by atoms with Crippen LogP contribution < -0.4 is 9.64 Å². The zero-order valence-corrected chi connectivity index (χ0v) is 15.1. The van der Waals surface area contributed by atoms with Crippen molar-refractivity contribution in [2.75, 3.05) is 20.2 Å². The minimum absolute atomic E-state index is 0.211. The molecule has 1 aromatic carbocycles. The normalized spacial score (nSPS) is 21.0. The molecule has 0 saturated carbocycles. The van der Waals surface area contributed by atoms with Gasteiger partial charge in [-0.15, -0.1) is 5.10 Å². The maximum absolute atomic E-state index is 9.87. The van der Waals surface area contributed by atoms with Crippen LogP contribution in [0.5, 0.6) is 5.75 Å². The van der Waals surface area contributed by atoms with Crippen LogP contribution in [0.3, 0.4) is 0 Å². The second kappa shape index (κ2) is 7.46. The molecule has 24 heavy (non-hydrogen) atoms. The van der Waals surface area contributed by atoms with Crippen molar-refractivity contribution in [3.8, 4) is 17.1 Å². The first-order valence-corrected chi connectivity index (χ1v) is 8.87. The van der Waals surface area contributed by atoms with Gasteiger partial charge < -0.3 is 19.3 Å². The van der Waals surface area contributed by atoms with E-state index < -0.39 is 0 Å². The molecule has 1 saturated heterocycles. The number of aliphatic hydroxyl groups is 1. The number of hydrogen-bond donors (Lipinski definition) is 2. The van der Waals surface area contributed by atoms with Crippen molar-refractivity contribution in [3.05, 3.63) is 29.0 Å². The van der Waals surface area contributed by atoms with Crippen LogP contribution in [0.25, 0.3) is 11.4 Å². The van der Waals surface area contributed by atoms with Crippen LogP contribution in [0.2, 0.25) is 0 Å². The topological polar surface area (TPSA) is 56.7 Å². The third-order valence-electron chi connectivity index (χ3n) is 4.55. The lowest BCUT2D eigenvalue weighted by atomic mass is 10.1. The van der Waals surface area contributed by atoms with Gasteiger partial charge in [0.2, 0.25) is 4.77 Å². The highest BCUT2D eigenvalue weighted by molar-refractivity contribution is 7.71. The molecule has 3 rings (SSSR count). The zero-order valence-electron chi connectivity index (χ0n) is 14.2. The summed E-state index contributed by atoms with van der Waals surface area (Å²) in [6, 6.07) is 7.88. The number of hydrogen-bond acceptors (Lipinski definition) is 4. The predicted molar refractivity (Wildman–Crippen MR) is 94.7 cm³/mol. The quantitative estimate of drug-likeness (QED) is 0.794. The molecule has 1 aliphatic heterocycles. The Morgan fingerprint density at radius 1 is 1.38 bits per heavy atom. The first-order chi connectivity index (χ1) is 11.6. The van der Waals surface area contributed by atoms with Gasteiger partial charge in [0.25, 0.3) is 0 Å². The molecule has 0 bridgehead atoms. The van der Waals surface area contributed by atoms with Crippen molar-refractivity contribution in [2.24, 2.45) is 0 Å². The lowest BCUT2D eigenvalue weighted by Gasteiger charge is -2.26. The number of aliphatic hydroxyl groups excluding tert-OH is 1. The molecule has 0 amide bonds. The van der Waals surface area contributed by atoms with E-state index >= 15 is 0 Å². The molecule has 7 heteroatoms. The second-order valence-corrected chi connectivity index (χ2v) is 6.60. The molecule has 2 aromatic rings. The van der Waals surface area contributed by atoms with E-state index in [9.17, 15) is 5.11 Å². The summed E-state index contributed by atoms with van der Waals surface area (Å²) in [5, 5.41) is 14.6. The molecule has 1 aromatic heterocycles. The minimum Gasteiger partial charge on any atom is -0.497 e. The Labute approximate surface area is 147 Å². The molecule has 0 aliphatic carbocycles. The van der Waals surface area contributed by atoms with Gasteiger partial charge in [-0.3, -0.25) is 0 Å². The molecule has 0 spiro atoms. The molecule has 130 valence electrons. The maximum Gasteiger partial charge on any atom is 0.203 e. The highest BCUT2D eigenvalue weighted by atomic mass is 32.1. The number of aromatic nitrogens is 3. The number of nitrogens with zero attached hydrogens (tertiary/aromatic N) is 3. The molecule has 0 radical (unpaired) electrons. The SMILES string of the molecule is CCn1c(-c2ccc(OC)cc2)nn(C[NH+]2CCC[C@@H](O)C2)c1=S. The zero-order chi connectivity index (χ0) is 17.1. The first kappa shape index (κ1) is 17.1. The van der Waals surface area contributed by atoms with Gasteiger partial charge in [-0.25, -0.2) is 0 Å². The van der Waals surface area contributed by atoms with E-state index in [1.807, 2.05) is 28.9 Å². The third kappa shape index (κ3) is 3.53. The Hall–Kier alpha value is -1.70. The number of quaternary nitrogens is 1. The number of rotatable bonds is 5. The van der Waals surface area contributed by atoms with Gasteiger partial charge >= 0.3 is 0 Å². The van der Waals surface area contributed by atoms with E-state index in [4.69, 9.17) is 22.1 Å². The third-order valence-corrected chi connectivity index (χ3v) is 4.98. The summed E-state index contributed by atoms with van der Waals surface area (Å²) in [6.45, 7) is 5.37. The van der Waals surface area contributed by atoms with Gasteiger partial charge in [0.15, 0.2) is 12.5 Å². The molecule has 2 heterocycles. The minimum atomic E-state index is -0.211. The maximum atomic E-state index is 9.87. The van der Waals surface area contributed by atoms with Crippen molar-refractivity contribution in [1.29, 1.82) is 0 Å². The van der Waals surface area contributed by atoms with Gasteiger partial charge in [0.1, 0.15) is 18.4 Å².